The molecule has 1 heterocycles. The van der Waals surface area contributed by atoms with Gasteiger partial charge < -0.3 is 10.1 Å². The molecular weight excluding hydrogens is 174 g/mol. The van der Waals surface area contributed by atoms with Gasteiger partial charge in [-0.05, 0) is 31.5 Å². The van der Waals surface area contributed by atoms with Gasteiger partial charge in [-0.2, -0.15) is 0 Å². The van der Waals surface area contributed by atoms with E-state index in [1.807, 2.05) is 7.05 Å². The smallest absolute Gasteiger partial charge is 0.0977 e. The Balaban J connectivity index is 2.30. The molecule has 1 N–H and O–H groups in total. The number of rotatable bonds is 2. The van der Waals surface area contributed by atoms with Gasteiger partial charge in [0.1, 0.15) is 0 Å². The molecule has 0 amide bonds. The van der Waals surface area contributed by atoms with Crippen LogP contribution in [0, 0.1) is 0 Å². The zero-order valence-corrected chi connectivity index (χ0v) is 8.79. The summed E-state index contributed by atoms with van der Waals surface area (Å²) in [7, 11) is 1.98. The average Bonchev–Trinajstić information content (AvgIpc) is 2.27. The SMILES string of the molecule is CNC(C)C1OCCc2ccccc21. The largest absolute Gasteiger partial charge is 0.372 e. The summed E-state index contributed by atoms with van der Waals surface area (Å²) in [5.74, 6) is 0. The molecule has 2 rings (SSSR count). The van der Waals surface area contributed by atoms with Crippen molar-refractivity contribution in [2.75, 3.05) is 13.7 Å². The van der Waals surface area contributed by atoms with Gasteiger partial charge in [0.2, 0.25) is 0 Å². The fourth-order valence-electron chi connectivity index (χ4n) is 1.99. The van der Waals surface area contributed by atoms with Gasteiger partial charge in [-0.1, -0.05) is 24.3 Å². The third kappa shape index (κ3) is 1.68. The Bertz CT molecular complexity index is 311. The van der Waals surface area contributed by atoms with Crippen molar-refractivity contribution in [3.05, 3.63) is 35.4 Å². The molecule has 0 fully saturated rings. The van der Waals surface area contributed by atoms with E-state index in [0.717, 1.165) is 13.0 Å². The fourth-order valence-corrected chi connectivity index (χ4v) is 1.99. The van der Waals surface area contributed by atoms with Gasteiger partial charge in [-0.15, -0.1) is 0 Å². The molecule has 0 saturated heterocycles. The highest BCUT2D eigenvalue weighted by molar-refractivity contribution is 5.31. The Kier molecular flexibility index (Phi) is 2.85. The molecule has 76 valence electrons. The van der Waals surface area contributed by atoms with Crippen molar-refractivity contribution in [3.8, 4) is 0 Å². The molecule has 14 heavy (non-hydrogen) atoms. The topological polar surface area (TPSA) is 21.3 Å². The maximum Gasteiger partial charge on any atom is 0.0977 e. The number of fused-ring (bicyclic) bond motifs is 1. The van der Waals surface area contributed by atoms with Crippen LogP contribution in [0.25, 0.3) is 0 Å². The van der Waals surface area contributed by atoms with E-state index in [2.05, 4.69) is 36.5 Å². The van der Waals surface area contributed by atoms with E-state index < -0.39 is 0 Å². The van der Waals surface area contributed by atoms with Crippen LogP contribution in [-0.2, 0) is 11.2 Å². The summed E-state index contributed by atoms with van der Waals surface area (Å²) in [4.78, 5) is 0. The number of benzene rings is 1. The van der Waals surface area contributed by atoms with Crippen molar-refractivity contribution in [2.24, 2.45) is 0 Å². The summed E-state index contributed by atoms with van der Waals surface area (Å²) in [6.07, 6.45) is 1.26. The second-order valence-corrected chi connectivity index (χ2v) is 3.82. The molecule has 0 spiro atoms. The van der Waals surface area contributed by atoms with Crippen molar-refractivity contribution in [1.29, 1.82) is 0 Å². The molecule has 1 aliphatic rings. The van der Waals surface area contributed by atoms with Crippen LogP contribution in [0.15, 0.2) is 24.3 Å². The van der Waals surface area contributed by atoms with Crippen LogP contribution in [0.2, 0.25) is 0 Å². The molecule has 1 aromatic carbocycles. The zero-order chi connectivity index (χ0) is 9.97. The lowest BCUT2D eigenvalue weighted by molar-refractivity contribution is 0.0215. The van der Waals surface area contributed by atoms with Crippen LogP contribution in [0.4, 0.5) is 0 Å². The highest BCUT2D eigenvalue weighted by atomic mass is 16.5. The van der Waals surface area contributed by atoms with Crippen LogP contribution in [0.1, 0.15) is 24.2 Å². The Morgan fingerprint density at radius 1 is 1.43 bits per heavy atom. The van der Waals surface area contributed by atoms with Gasteiger partial charge in [0.25, 0.3) is 0 Å². The lowest BCUT2D eigenvalue weighted by Gasteiger charge is -2.30. The number of hydrogen-bond acceptors (Lipinski definition) is 2. The molecule has 0 radical (unpaired) electrons. The van der Waals surface area contributed by atoms with Crippen molar-refractivity contribution >= 4 is 0 Å². The maximum absolute atomic E-state index is 5.79. The van der Waals surface area contributed by atoms with E-state index in [9.17, 15) is 0 Å². The predicted octanol–water partition coefficient (Wildman–Crippen LogP) is 1.91. The Hall–Kier alpha value is -0.860. The highest BCUT2D eigenvalue weighted by Gasteiger charge is 2.24. The third-order valence-electron chi connectivity index (χ3n) is 2.94. The van der Waals surface area contributed by atoms with Crippen molar-refractivity contribution < 1.29 is 4.74 Å². The molecule has 0 saturated carbocycles. The summed E-state index contributed by atoms with van der Waals surface area (Å²) in [6, 6.07) is 8.94. The summed E-state index contributed by atoms with van der Waals surface area (Å²) in [6.45, 7) is 3.00. The number of nitrogens with one attached hydrogen (secondary N) is 1. The van der Waals surface area contributed by atoms with E-state index >= 15 is 0 Å². The molecule has 2 unspecified atom stereocenters. The van der Waals surface area contributed by atoms with Crippen molar-refractivity contribution in [2.45, 2.75) is 25.5 Å². The van der Waals surface area contributed by atoms with Crippen molar-refractivity contribution in [3.63, 3.8) is 0 Å². The van der Waals surface area contributed by atoms with Crippen LogP contribution in [0.5, 0.6) is 0 Å². The van der Waals surface area contributed by atoms with Gasteiger partial charge in [0.15, 0.2) is 0 Å². The van der Waals surface area contributed by atoms with E-state index in [4.69, 9.17) is 4.74 Å². The number of ether oxygens (including phenoxy) is 1. The summed E-state index contributed by atoms with van der Waals surface area (Å²) >= 11 is 0. The monoisotopic (exact) mass is 191 g/mol. The summed E-state index contributed by atoms with van der Waals surface area (Å²) in [5, 5.41) is 3.25. The first-order valence-corrected chi connectivity index (χ1v) is 5.19. The molecule has 0 aromatic heterocycles. The Morgan fingerprint density at radius 2 is 2.21 bits per heavy atom. The van der Waals surface area contributed by atoms with E-state index in [1.54, 1.807) is 0 Å². The number of hydrogen-bond donors (Lipinski definition) is 1. The van der Waals surface area contributed by atoms with Gasteiger partial charge in [-0.25, -0.2) is 0 Å². The first-order chi connectivity index (χ1) is 6.83. The lowest BCUT2D eigenvalue weighted by atomic mass is 9.94. The first kappa shape index (κ1) is 9.69. The molecule has 2 atom stereocenters. The average molecular weight is 191 g/mol. The summed E-state index contributed by atoms with van der Waals surface area (Å²) < 4.78 is 5.79. The lowest BCUT2D eigenvalue weighted by Crippen LogP contribution is -2.33. The van der Waals surface area contributed by atoms with E-state index in [1.165, 1.54) is 11.1 Å². The minimum Gasteiger partial charge on any atom is -0.372 e. The van der Waals surface area contributed by atoms with Crippen LogP contribution in [0.3, 0.4) is 0 Å². The van der Waals surface area contributed by atoms with Gasteiger partial charge in [0.05, 0.1) is 12.7 Å². The maximum atomic E-state index is 5.79. The van der Waals surface area contributed by atoms with Gasteiger partial charge in [-0.3, -0.25) is 0 Å². The summed E-state index contributed by atoms with van der Waals surface area (Å²) in [5.41, 5.74) is 2.78. The van der Waals surface area contributed by atoms with Crippen LogP contribution >= 0.6 is 0 Å². The third-order valence-corrected chi connectivity index (χ3v) is 2.94. The standard InChI is InChI=1S/C12H17NO/c1-9(13-2)12-11-6-4-3-5-10(11)7-8-14-12/h3-6,9,12-13H,7-8H2,1-2H3. The van der Waals surface area contributed by atoms with E-state index in [-0.39, 0.29) is 6.10 Å². The molecule has 1 aromatic rings. The second-order valence-electron chi connectivity index (χ2n) is 3.82. The molecule has 0 aliphatic carbocycles. The predicted molar refractivity (Wildman–Crippen MR) is 57.4 cm³/mol. The highest BCUT2D eigenvalue weighted by Crippen LogP contribution is 2.29. The zero-order valence-electron chi connectivity index (χ0n) is 8.79. The van der Waals surface area contributed by atoms with Crippen LogP contribution < -0.4 is 5.32 Å². The molecule has 0 bridgehead atoms. The molecule has 1 aliphatic heterocycles. The van der Waals surface area contributed by atoms with Crippen molar-refractivity contribution in [1.82, 2.24) is 5.32 Å². The normalized spacial score (nSPS) is 22.9. The minimum atomic E-state index is 0.213. The van der Waals surface area contributed by atoms with Crippen LogP contribution in [-0.4, -0.2) is 19.7 Å². The molecule has 2 nitrogen and oxygen atoms in total. The Labute approximate surface area is 85.3 Å². The fraction of sp³-hybridized carbons (Fsp3) is 0.500. The van der Waals surface area contributed by atoms with Gasteiger partial charge in [0, 0.05) is 6.04 Å². The quantitative estimate of drug-likeness (QED) is 0.771. The number of likely N-dealkylation sites (N-methyl/N-ethyl adjacent to an activating group) is 1. The Morgan fingerprint density at radius 3 is 3.00 bits per heavy atom. The van der Waals surface area contributed by atoms with Gasteiger partial charge >= 0.3 is 0 Å². The minimum absolute atomic E-state index is 0.213. The second kappa shape index (κ2) is 4.11. The molecule has 2 heteroatoms. The van der Waals surface area contributed by atoms with E-state index in [0.29, 0.717) is 6.04 Å². The molecular formula is C12H17NO. The first-order valence-electron chi connectivity index (χ1n) is 5.19.